The fourth-order valence-electron chi connectivity index (χ4n) is 4.72. The van der Waals surface area contributed by atoms with Crippen LogP contribution in [0.4, 0.5) is 5.82 Å². The maximum atomic E-state index is 12.9. The van der Waals surface area contributed by atoms with E-state index in [2.05, 4.69) is 19.9 Å². The lowest BCUT2D eigenvalue weighted by molar-refractivity contribution is 0.300. The van der Waals surface area contributed by atoms with Crippen molar-refractivity contribution in [2.45, 2.75) is 51.1 Å². The van der Waals surface area contributed by atoms with Crippen LogP contribution in [0.15, 0.2) is 64.9 Å². The number of aromatic nitrogens is 5. The minimum atomic E-state index is -3.47. The van der Waals surface area contributed by atoms with E-state index in [1.165, 1.54) is 5.41 Å². The molecule has 0 aliphatic heterocycles. The summed E-state index contributed by atoms with van der Waals surface area (Å²) in [4.78, 5) is 17.1. The number of H-pyrrole nitrogens is 1. The molecule has 11 nitrogen and oxygen atoms in total. The van der Waals surface area contributed by atoms with Crippen LogP contribution in [0.1, 0.15) is 45.1 Å². The average molecular weight is 536 g/mol. The quantitative estimate of drug-likeness (QED) is 0.307. The molecular weight excluding hydrogens is 506 g/mol. The summed E-state index contributed by atoms with van der Waals surface area (Å²) in [5, 5.41) is 13.0. The summed E-state index contributed by atoms with van der Waals surface area (Å²) in [7, 11) is -3.47. The summed E-state index contributed by atoms with van der Waals surface area (Å²) in [6.07, 6.45) is 6.47. The van der Waals surface area contributed by atoms with Crippen LogP contribution in [0.2, 0.25) is 0 Å². The first-order chi connectivity index (χ1) is 18.3. The van der Waals surface area contributed by atoms with Gasteiger partial charge in [-0.05, 0) is 62.4 Å². The molecule has 4 aromatic rings. The highest BCUT2D eigenvalue weighted by Gasteiger charge is 2.29. The van der Waals surface area contributed by atoms with E-state index in [4.69, 9.17) is 15.6 Å². The molecule has 0 unspecified atom stereocenters. The van der Waals surface area contributed by atoms with E-state index in [1.54, 1.807) is 35.2 Å². The number of nitrogens with two attached hydrogens (primary N) is 1. The molecule has 0 bridgehead atoms. The second kappa shape index (κ2) is 10.8. The lowest BCUT2D eigenvalue weighted by atomic mass is 9.92. The predicted molar refractivity (Wildman–Crippen MR) is 145 cm³/mol. The molecule has 1 aliphatic carbocycles. The number of benzene rings is 1. The van der Waals surface area contributed by atoms with Gasteiger partial charge in [-0.15, -0.1) is 0 Å². The van der Waals surface area contributed by atoms with Gasteiger partial charge in [0.15, 0.2) is 5.82 Å². The Kier molecular flexibility index (Phi) is 7.25. The Balaban J connectivity index is 1.41. The van der Waals surface area contributed by atoms with Gasteiger partial charge in [0.05, 0.1) is 11.4 Å². The lowest BCUT2D eigenvalue weighted by Gasteiger charge is -2.29. The number of sulfonamides is 1. The van der Waals surface area contributed by atoms with Crippen molar-refractivity contribution in [1.82, 2.24) is 29.7 Å². The first-order valence-electron chi connectivity index (χ1n) is 12.5. The van der Waals surface area contributed by atoms with E-state index in [0.29, 0.717) is 60.3 Å². The second-order valence-electron chi connectivity index (χ2n) is 9.20. The molecule has 0 atom stereocenters. The smallest absolute Gasteiger partial charge is 0.290 e. The van der Waals surface area contributed by atoms with Gasteiger partial charge in [-0.25, -0.2) is 23.2 Å². The number of nitrogen functional groups attached to an aromatic ring is 1. The summed E-state index contributed by atoms with van der Waals surface area (Å²) in [5.74, 6) is 1.27. The molecule has 1 aromatic carbocycles. The summed E-state index contributed by atoms with van der Waals surface area (Å²) >= 11 is 0. The van der Waals surface area contributed by atoms with Crippen molar-refractivity contribution >= 4 is 26.7 Å². The van der Waals surface area contributed by atoms with Gasteiger partial charge in [-0.1, -0.05) is 19.1 Å². The van der Waals surface area contributed by atoms with Crippen molar-refractivity contribution in [3.63, 3.8) is 0 Å². The Hall–Kier alpha value is -4.03. The number of aromatic amines is 1. The van der Waals surface area contributed by atoms with Gasteiger partial charge in [0.2, 0.25) is 15.9 Å². The van der Waals surface area contributed by atoms with Crippen LogP contribution in [0.5, 0.6) is 11.6 Å². The van der Waals surface area contributed by atoms with Gasteiger partial charge in [0.25, 0.3) is 5.56 Å². The molecule has 198 valence electrons. The molecule has 0 saturated heterocycles. The van der Waals surface area contributed by atoms with Gasteiger partial charge < -0.3 is 10.5 Å². The first kappa shape index (κ1) is 25.6. The highest BCUT2D eigenvalue weighted by molar-refractivity contribution is 7.92. The molecule has 3 aromatic heterocycles. The molecule has 3 heterocycles. The molecule has 1 aliphatic rings. The third-order valence-corrected chi connectivity index (χ3v) is 7.74. The number of hydrogen-bond acceptors (Lipinski definition) is 8. The van der Waals surface area contributed by atoms with Crippen LogP contribution in [-0.4, -0.2) is 39.4 Å². The topological polar surface area (TPSA) is 158 Å². The predicted octanol–water partition coefficient (Wildman–Crippen LogP) is 3.88. The van der Waals surface area contributed by atoms with E-state index in [0.717, 1.165) is 5.56 Å². The van der Waals surface area contributed by atoms with Crippen LogP contribution in [0, 0.1) is 0 Å². The number of nitrogens with zero attached hydrogens (tertiary/aromatic N) is 4. The van der Waals surface area contributed by atoms with E-state index in [-0.39, 0.29) is 23.5 Å². The summed E-state index contributed by atoms with van der Waals surface area (Å²) in [6, 6.07) is 12.5. The highest BCUT2D eigenvalue weighted by Crippen LogP contribution is 2.36. The average Bonchev–Trinajstić information content (AvgIpc) is 3.33. The summed E-state index contributed by atoms with van der Waals surface area (Å²) in [5.41, 5.74) is 7.50. The SMILES string of the molecule is CC/C=C\S(=O)(=O)NC1CCC(n2nc(-c3ccc(Oc4ccccn4)cc3)c3c(N)n[nH]c(=O)c32)CC1. The lowest BCUT2D eigenvalue weighted by Crippen LogP contribution is -2.37. The van der Waals surface area contributed by atoms with Gasteiger partial charge in [-0.3, -0.25) is 9.48 Å². The van der Waals surface area contributed by atoms with E-state index in [9.17, 15) is 13.2 Å². The van der Waals surface area contributed by atoms with Crippen molar-refractivity contribution in [1.29, 1.82) is 0 Å². The summed E-state index contributed by atoms with van der Waals surface area (Å²) < 4.78 is 34.8. The number of pyridine rings is 1. The minimum Gasteiger partial charge on any atom is -0.439 e. The Morgan fingerprint density at radius 1 is 1.16 bits per heavy atom. The Bertz CT molecular complexity index is 1610. The minimum absolute atomic E-state index is 0.0900. The number of fused-ring (bicyclic) bond motifs is 1. The van der Waals surface area contributed by atoms with Crippen LogP contribution in [0.3, 0.4) is 0 Å². The van der Waals surface area contributed by atoms with Gasteiger partial charge in [0.1, 0.15) is 17.0 Å². The standard InChI is InChI=1S/C26H29N7O4S/c1-2-3-16-38(35,36)32-18-9-11-19(12-10-18)33-24-22(25(27)29-30-26(24)34)23(31-33)17-7-13-20(14-8-17)37-21-6-4-5-15-28-21/h3-8,13-16,18-19,32H,2,9-12H2,1H3,(H2,27,29)(H,30,34)/b16-3-. The molecular formula is C26H29N7O4S. The van der Waals surface area contributed by atoms with Crippen molar-refractivity contribution in [2.24, 2.45) is 0 Å². The fourth-order valence-corrected chi connectivity index (χ4v) is 5.95. The zero-order chi connectivity index (χ0) is 26.7. The third-order valence-electron chi connectivity index (χ3n) is 6.53. The van der Waals surface area contributed by atoms with E-state index in [1.807, 2.05) is 31.2 Å². The Morgan fingerprint density at radius 2 is 1.92 bits per heavy atom. The molecule has 1 saturated carbocycles. The van der Waals surface area contributed by atoms with Crippen molar-refractivity contribution in [2.75, 3.05) is 5.73 Å². The normalized spacial score (nSPS) is 18.2. The molecule has 0 radical (unpaired) electrons. The number of rotatable bonds is 8. The maximum Gasteiger partial charge on any atom is 0.290 e. The highest BCUT2D eigenvalue weighted by atomic mass is 32.2. The second-order valence-corrected chi connectivity index (χ2v) is 10.8. The van der Waals surface area contributed by atoms with Crippen LogP contribution < -0.4 is 20.8 Å². The molecule has 12 heteroatoms. The van der Waals surface area contributed by atoms with Gasteiger partial charge in [0, 0.05) is 29.3 Å². The van der Waals surface area contributed by atoms with Crippen molar-refractivity contribution in [3.8, 4) is 22.9 Å². The zero-order valence-corrected chi connectivity index (χ0v) is 21.7. The summed E-state index contributed by atoms with van der Waals surface area (Å²) in [6.45, 7) is 1.88. The zero-order valence-electron chi connectivity index (χ0n) is 20.9. The largest absolute Gasteiger partial charge is 0.439 e. The Morgan fingerprint density at radius 3 is 2.61 bits per heavy atom. The molecule has 1 fully saturated rings. The number of ether oxygens (including phenoxy) is 1. The molecule has 0 spiro atoms. The third kappa shape index (κ3) is 5.46. The van der Waals surface area contributed by atoms with Crippen molar-refractivity contribution in [3.05, 3.63) is 70.5 Å². The molecule has 4 N–H and O–H groups in total. The van der Waals surface area contributed by atoms with Gasteiger partial charge in [-0.2, -0.15) is 10.2 Å². The van der Waals surface area contributed by atoms with Crippen LogP contribution in [0.25, 0.3) is 22.2 Å². The number of anilines is 1. The molecule has 38 heavy (non-hydrogen) atoms. The number of nitrogens with one attached hydrogen (secondary N) is 2. The molecule has 5 rings (SSSR count). The van der Waals surface area contributed by atoms with E-state index >= 15 is 0 Å². The first-order valence-corrected chi connectivity index (χ1v) is 14.0. The fraction of sp³-hybridized carbons (Fsp3) is 0.308. The monoisotopic (exact) mass is 535 g/mol. The maximum absolute atomic E-state index is 12.9. The number of hydrogen-bond donors (Lipinski definition) is 3. The van der Waals surface area contributed by atoms with Gasteiger partial charge >= 0.3 is 0 Å². The number of allylic oxidation sites excluding steroid dienone is 1. The Labute approximate surface area is 219 Å². The van der Waals surface area contributed by atoms with Crippen LogP contribution in [-0.2, 0) is 10.0 Å². The van der Waals surface area contributed by atoms with Crippen molar-refractivity contribution < 1.29 is 13.2 Å². The van der Waals surface area contributed by atoms with E-state index < -0.39 is 10.0 Å². The van der Waals surface area contributed by atoms with Crippen LogP contribution >= 0.6 is 0 Å². The molecule has 0 amide bonds.